The van der Waals surface area contributed by atoms with Crippen LogP contribution in [-0.2, 0) is 0 Å². The third kappa shape index (κ3) is 3.77. The molecule has 51 heavy (non-hydrogen) atoms. The molecule has 0 radical (unpaired) electrons. The average Bonchev–Trinajstić information content (AvgIpc) is 3.88. The van der Waals surface area contributed by atoms with Crippen LogP contribution in [0.5, 0.6) is 0 Å². The number of benzene rings is 8. The molecule has 5 heteroatoms. The van der Waals surface area contributed by atoms with Crippen molar-refractivity contribution in [3.05, 3.63) is 152 Å². The van der Waals surface area contributed by atoms with Gasteiger partial charge in [-0.2, -0.15) is 0 Å². The molecule has 12 aromatic rings. The molecule has 236 valence electrons. The lowest BCUT2D eigenvalue weighted by atomic mass is 9.98. The molecule has 0 aliphatic heterocycles. The number of hydrogen-bond donors (Lipinski definition) is 0. The first-order valence-electron chi connectivity index (χ1n) is 17.2. The van der Waals surface area contributed by atoms with Gasteiger partial charge in [0.25, 0.3) is 0 Å². The Labute approximate surface area is 299 Å². The Bertz CT molecular complexity index is 3440. The summed E-state index contributed by atoms with van der Waals surface area (Å²) in [7, 11) is 0. The molecule has 4 aromatic heterocycles. The fraction of sp³-hybridized carbons (Fsp3) is 0. The summed E-state index contributed by atoms with van der Waals surface area (Å²) in [5.41, 5.74) is 5.36. The van der Waals surface area contributed by atoms with Crippen LogP contribution in [0.1, 0.15) is 0 Å². The number of nitrogens with zero attached hydrogens (tertiary/aromatic N) is 3. The van der Waals surface area contributed by atoms with Gasteiger partial charge in [-0.1, -0.05) is 133 Å². The number of hydrogen-bond acceptors (Lipinski definition) is 4. The van der Waals surface area contributed by atoms with Crippen LogP contribution in [0.25, 0.3) is 112 Å². The van der Waals surface area contributed by atoms with Crippen molar-refractivity contribution < 1.29 is 0 Å². The third-order valence-electron chi connectivity index (χ3n) is 10.6. The Hall–Kier alpha value is -6.14. The van der Waals surface area contributed by atoms with Crippen molar-refractivity contribution in [3.63, 3.8) is 0 Å². The molecule has 0 amide bonds. The number of thiophene rings is 2. The van der Waals surface area contributed by atoms with E-state index in [4.69, 9.17) is 9.97 Å². The van der Waals surface area contributed by atoms with Gasteiger partial charge in [0.15, 0.2) is 0 Å². The van der Waals surface area contributed by atoms with Gasteiger partial charge in [0.2, 0.25) is 5.95 Å². The molecule has 0 fully saturated rings. The van der Waals surface area contributed by atoms with Gasteiger partial charge in [-0.3, -0.25) is 4.57 Å². The van der Waals surface area contributed by atoms with E-state index in [0.717, 1.165) is 32.4 Å². The van der Waals surface area contributed by atoms with Crippen molar-refractivity contribution in [1.82, 2.24) is 14.5 Å². The molecule has 0 spiro atoms. The molecular formula is C46H25N3S2. The summed E-state index contributed by atoms with van der Waals surface area (Å²) in [6, 6.07) is 55.0. The molecule has 3 nitrogen and oxygen atoms in total. The molecule has 4 heterocycles. The normalized spacial score (nSPS) is 12.3. The quantitative estimate of drug-likeness (QED) is 0.182. The molecule has 0 saturated heterocycles. The van der Waals surface area contributed by atoms with E-state index < -0.39 is 0 Å². The summed E-state index contributed by atoms with van der Waals surface area (Å²) in [6.07, 6.45) is 0. The second-order valence-corrected chi connectivity index (χ2v) is 15.4. The van der Waals surface area contributed by atoms with E-state index in [1.165, 1.54) is 73.5 Å². The van der Waals surface area contributed by atoms with Gasteiger partial charge in [0.05, 0.1) is 31.6 Å². The predicted molar refractivity (Wildman–Crippen MR) is 220 cm³/mol. The van der Waals surface area contributed by atoms with Crippen molar-refractivity contribution in [2.75, 3.05) is 0 Å². The zero-order chi connectivity index (χ0) is 33.2. The lowest BCUT2D eigenvalue weighted by molar-refractivity contribution is 1.02. The average molecular weight is 684 g/mol. The number of fused-ring (bicyclic) bond motifs is 16. The van der Waals surface area contributed by atoms with E-state index in [1.54, 1.807) is 11.3 Å². The summed E-state index contributed by atoms with van der Waals surface area (Å²) in [5.74, 6) is 0.694. The van der Waals surface area contributed by atoms with Crippen LogP contribution >= 0.6 is 22.7 Å². The molecule has 0 aliphatic carbocycles. The highest BCUT2D eigenvalue weighted by molar-refractivity contribution is 7.27. The Morgan fingerprint density at radius 2 is 1.02 bits per heavy atom. The molecule has 0 atom stereocenters. The van der Waals surface area contributed by atoms with Crippen LogP contribution in [0.2, 0.25) is 0 Å². The number of aromatic nitrogens is 3. The maximum Gasteiger partial charge on any atom is 0.235 e. The minimum absolute atomic E-state index is 0.694. The fourth-order valence-corrected chi connectivity index (χ4v) is 10.8. The Balaban J connectivity index is 1.34. The van der Waals surface area contributed by atoms with Crippen molar-refractivity contribution in [2.24, 2.45) is 0 Å². The van der Waals surface area contributed by atoms with Crippen LogP contribution in [0, 0.1) is 0 Å². The second kappa shape index (κ2) is 10.2. The van der Waals surface area contributed by atoms with E-state index in [1.807, 2.05) is 11.3 Å². The van der Waals surface area contributed by atoms with Crippen LogP contribution in [0.3, 0.4) is 0 Å². The van der Waals surface area contributed by atoms with E-state index in [-0.39, 0.29) is 0 Å². The van der Waals surface area contributed by atoms with Crippen LogP contribution in [0.4, 0.5) is 0 Å². The first-order valence-corrected chi connectivity index (χ1v) is 18.8. The maximum atomic E-state index is 5.63. The van der Waals surface area contributed by atoms with Gasteiger partial charge in [-0.25, -0.2) is 9.97 Å². The fourth-order valence-electron chi connectivity index (χ4n) is 8.35. The number of rotatable bonds is 2. The molecule has 0 N–H and O–H groups in total. The Morgan fingerprint density at radius 3 is 1.84 bits per heavy atom. The maximum absolute atomic E-state index is 5.63. The zero-order valence-corrected chi connectivity index (χ0v) is 28.7. The smallest absolute Gasteiger partial charge is 0.235 e. The van der Waals surface area contributed by atoms with Gasteiger partial charge in [-0.05, 0) is 45.1 Å². The van der Waals surface area contributed by atoms with Gasteiger partial charge in [0.1, 0.15) is 0 Å². The van der Waals surface area contributed by atoms with Crippen LogP contribution in [0.15, 0.2) is 152 Å². The topological polar surface area (TPSA) is 30.7 Å². The van der Waals surface area contributed by atoms with E-state index in [0.29, 0.717) is 5.95 Å². The van der Waals surface area contributed by atoms with Gasteiger partial charge >= 0.3 is 0 Å². The van der Waals surface area contributed by atoms with Crippen molar-refractivity contribution >= 4 is 117 Å². The Morgan fingerprint density at radius 1 is 0.412 bits per heavy atom. The van der Waals surface area contributed by atoms with Gasteiger partial charge in [0, 0.05) is 47.3 Å². The molecule has 0 bridgehead atoms. The van der Waals surface area contributed by atoms with E-state index >= 15 is 0 Å². The molecule has 0 unspecified atom stereocenters. The minimum atomic E-state index is 0.694. The summed E-state index contributed by atoms with van der Waals surface area (Å²) < 4.78 is 7.26. The van der Waals surface area contributed by atoms with Crippen molar-refractivity contribution in [3.8, 4) is 17.2 Å². The molecule has 0 aliphatic rings. The predicted octanol–water partition coefficient (Wildman–Crippen LogP) is 13.4. The lowest BCUT2D eigenvalue weighted by Crippen LogP contribution is -2.03. The molecular weight excluding hydrogens is 659 g/mol. The summed E-state index contributed by atoms with van der Waals surface area (Å²) in [4.78, 5) is 11.2. The van der Waals surface area contributed by atoms with Crippen LogP contribution < -0.4 is 0 Å². The molecule has 8 aromatic carbocycles. The van der Waals surface area contributed by atoms with Crippen molar-refractivity contribution in [1.29, 1.82) is 0 Å². The highest BCUT2D eigenvalue weighted by Crippen LogP contribution is 2.49. The highest BCUT2D eigenvalue weighted by Gasteiger charge is 2.25. The van der Waals surface area contributed by atoms with E-state index in [2.05, 4.69) is 156 Å². The highest BCUT2D eigenvalue weighted by atomic mass is 32.1. The zero-order valence-electron chi connectivity index (χ0n) is 27.1. The molecule has 12 rings (SSSR count). The van der Waals surface area contributed by atoms with E-state index in [9.17, 15) is 0 Å². The first-order chi connectivity index (χ1) is 25.3. The first kappa shape index (κ1) is 27.7. The monoisotopic (exact) mass is 683 g/mol. The lowest BCUT2D eigenvalue weighted by Gasteiger charge is -2.12. The summed E-state index contributed by atoms with van der Waals surface area (Å²) >= 11 is 3.65. The third-order valence-corrected chi connectivity index (χ3v) is 12.9. The second-order valence-electron chi connectivity index (χ2n) is 13.3. The van der Waals surface area contributed by atoms with Crippen molar-refractivity contribution in [2.45, 2.75) is 0 Å². The minimum Gasteiger partial charge on any atom is -0.276 e. The standard InChI is InChI=1S/C46H25N3S2/c1-2-13-28-25-29(22-21-26(28)11-1)40-45-41(34-18-8-10-20-37(34)51-45)48-46(47-40)49-42-30-14-4-3-12-27(30)23-24-35(42)38-31-15-5-6-16-32(31)39-33-17-7-9-19-36(33)50-44(39)43(38)49/h1-25H. The van der Waals surface area contributed by atoms with Gasteiger partial charge in [-0.15, -0.1) is 22.7 Å². The SMILES string of the molecule is c1ccc2cc(-c3nc(-n4c5c6ccccc6ccc5c5c6ccccc6c6c7ccccc7sc6c54)nc4c3sc3ccccc34)ccc2c1. The summed E-state index contributed by atoms with van der Waals surface area (Å²) in [6.45, 7) is 0. The largest absolute Gasteiger partial charge is 0.276 e. The Kier molecular flexibility index (Phi) is 5.53. The molecule has 0 saturated carbocycles. The van der Waals surface area contributed by atoms with Crippen LogP contribution in [-0.4, -0.2) is 14.5 Å². The summed E-state index contributed by atoms with van der Waals surface area (Å²) in [5, 5.41) is 13.5. The van der Waals surface area contributed by atoms with Gasteiger partial charge < -0.3 is 0 Å².